The number of rotatable bonds is 3. The second-order valence-corrected chi connectivity index (χ2v) is 11.7. The van der Waals surface area contributed by atoms with Gasteiger partial charge in [-0.1, -0.05) is 97.1 Å². The molecule has 0 bridgehead atoms. The van der Waals surface area contributed by atoms with Gasteiger partial charge < -0.3 is 9.97 Å². The lowest BCUT2D eigenvalue weighted by atomic mass is 10.0. The zero-order chi connectivity index (χ0) is 30.2. The summed E-state index contributed by atoms with van der Waals surface area (Å²) in [5, 5.41) is 9.41. The maximum absolute atomic E-state index is 5.12. The minimum Gasteiger partial charge on any atom is -0.337 e. The van der Waals surface area contributed by atoms with Crippen molar-refractivity contribution in [3.05, 3.63) is 134 Å². The molecule has 0 aliphatic heterocycles. The molecule has 0 aliphatic rings. The molecule has 2 N–H and O–H groups in total. The Bertz CT molecular complexity index is 2480. The fourth-order valence-corrected chi connectivity index (χ4v) is 6.96. The third-order valence-corrected chi connectivity index (χ3v) is 9.07. The lowest BCUT2D eigenvalue weighted by molar-refractivity contribution is 1.23. The van der Waals surface area contributed by atoms with Gasteiger partial charge >= 0.3 is 0 Å². The molecule has 6 nitrogen and oxygen atoms in total. The predicted molar refractivity (Wildman–Crippen MR) is 188 cm³/mol. The second-order valence-electron chi connectivity index (χ2n) is 11.7. The van der Waals surface area contributed by atoms with Crippen molar-refractivity contribution in [2.75, 3.05) is 0 Å². The molecule has 6 aromatic carbocycles. The molecule has 4 heterocycles. The Labute approximate surface area is 262 Å². The lowest BCUT2D eigenvalue weighted by Gasteiger charge is -2.05. The van der Waals surface area contributed by atoms with E-state index in [0.29, 0.717) is 0 Å². The Morgan fingerprint density at radius 2 is 0.717 bits per heavy atom. The topological polar surface area (TPSA) is 83.1 Å². The molecule has 0 fully saturated rings. The molecule has 10 rings (SSSR count). The monoisotopic (exact) mass is 588 g/mol. The van der Waals surface area contributed by atoms with Gasteiger partial charge in [0.05, 0.1) is 33.5 Å². The Morgan fingerprint density at radius 1 is 0.370 bits per heavy atom. The summed E-state index contributed by atoms with van der Waals surface area (Å²) >= 11 is 0. The highest BCUT2D eigenvalue weighted by Gasteiger charge is 2.16. The van der Waals surface area contributed by atoms with E-state index in [9.17, 15) is 0 Å². The first-order chi connectivity index (χ1) is 22.8. The fourth-order valence-electron chi connectivity index (χ4n) is 6.96. The van der Waals surface area contributed by atoms with E-state index >= 15 is 0 Å². The van der Waals surface area contributed by atoms with Gasteiger partial charge in [0.2, 0.25) is 0 Å². The number of benzene rings is 6. The van der Waals surface area contributed by atoms with Crippen LogP contribution in [0, 0.1) is 0 Å². The molecule has 6 heteroatoms. The second kappa shape index (κ2) is 9.55. The third-order valence-electron chi connectivity index (χ3n) is 9.07. The molecule has 0 aliphatic carbocycles. The molecule has 0 atom stereocenters. The lowest BCUT2D eigenvalue weighted by Crippen LogP contribution is -1.91. The predicted octanol–water partition coefficient (Wildman–Crippen LogP) is 9.84. The molecular weight excluding hydrogens is 564 g/mol. The van der Waals surface area contributed by atoms with E-state index < -0.39 is 0 Å². The van der Waals surface area contributed by atoms with Crippen LogP contribution < -0.4 is 0 Å². The van der Waals surface area contributed by atoms with E-state index in [1.165, 1.54) is 21.5 Å². The number of hydrogen-bond donors (Lipinski definition) is 2. The van der Waals surface area contributed by atoms with Crippen molar-refractivity contribution in [3.63, 3.8) is 0 Å². The molecule has 0 saturated carbocycles. The number of H-pyrrole nitrogens is 2. The average Bonchev–Trinajstić information content (AvgIpc) is 3.79. The van der Waals surface area contributed by atoms with Crippen LogP contribution in [0.4, 0.5) is 0 Å². The van der Waals surface area contributed by atoms with Gasteiger partial charge in [0.25, 0.3) is 0 Å². The van der Waals surface area contributed by atoms with Crippen molar-refractivity contribution in [1.29, 1.82) is 0 Å². The number of nitrogens with one attached hydrogen (secondary N) is 2. The van der Waals surface area contributed by atoms with Crippen molar-refractivity contribution >= 4 is 65.2 Å². The molecule has 0 amide bonds. The minimum atomic E-state index is 0.765. The molecule has 10 aromatic rings. The quantitative estimate of drug-likeness (QED) is 0.201. The number of pyridine rings is 2. The largest absolute Gasteiger partial charge is 0.337 e. The molecule has 214 valence electrons. The van der Waals surface area contributed by atoms with Crippen LogP contribution in [0.3, 0.4) is 0 Å². The third kappa shape index (κ3) is 3.64. The van der Waals surface area contributed by atoms with Crippen molar-refractivity contribution in [1.82, 2.24) is 29.9 Å². The van der Waals surface area contributed by atoms with Gasteiger partial charge in [0.1, 0.15) is 11.6 Å². The van der Waals surface area contributed by atoms with E-state index in [1.807, 2.05) is 36.7 Å². The standard InChI is InChI=1S/C40H24N6/c1-5-13-29-25(9-1)26-10-2-6-14-30(26)36-35(29)43-39(44-36)23-17-19-41-33(21-23)34-22-24(18-20-42-34)40-45-37-31-15-7-3-11-27(31)28-12-4-8-16-32(28)38(37)46-40/h1-22H,(H,43,44)(H,45,46). The van der Waals surface area contributed by atoms with Crippen LogP contribution in [0.25, 0.3) is 99.3 Å². The van der Waals surface area contributed by atoms with Crippen LogP contribution in [0.15, 0.2) is 134 Å². The summed E-state index contributed by atoms with van der Waals surface area (Å²) in [6.07, 6.45) is 3.64. The number of fused-ring (bicyclic) bond motifs is 12. The van der Waals surface area contributed by atoms with Gasteiger partial charge in [-0.3, -0.25) is 9.97 Å². The Kier molecular flexibility index (Phi) is 5.19. The van der Waals surface area contributed by atoms with Crippen LogP contribution in [0.2, 0.25) is 0 Å². The normalized spacial score (nSPS) is 11.9. The number of hydrogen-bond acceptors (Lipinski definition) is 4. The van der Waals surface area contributed by atoms with E-state index in [0.717, 1.165) is 77.8 Å². The maximum atomic E-state index is 5.12. The highest BCUT2D eigenvalue weighted by atomic mass is 14.9. The summed E-state index contributed by atoms with van der Waals surface area (Å²) in [6, 6.07) is 42.0. The zero-order valence-electron chi connectivity index (χ0n) is 24.5. The Morgan fingerprint density at radius 3 is 1.13 bits per heavy atom. The first-order valence-electron chi connectivity index (χ1n) is 15.3. The van der Waals surface area contributed by atoms with Gasteiger partial charge in [-0.25, -0.2) is 9.97 Å². The van der Waals surface area contributed by atoms with E-state index in [-0.39, 0.29) is 0 Å². The molecule has 0 unspecified atom stereocenters. The van der Waals surface area contributed by atoms with E-state index in [1.54, 1.807) is 0 Å². The van der Waals surface area contributed by atoms with Crippen LogP contribution >= 0.6 is 0 Å². The summed E-state index contributed by atoms with van der Waals surface area (Å²) in [6.45, 7) is 0. The zero-order valence-corrected chi connectivity index (χ0v) is 24.5. The molecule has 4 aromatic heterocycles. The van der Waals surface area contributed by atoms with Crippen LogP contribution in [-0.4, -0.2) is 29.9 Å². The summed E-state index contributed by atoms with van der Waals surface area (Å²) in [7, 11) is 0. The van der Waals surface area contributed by atoms with Gasteiger partial charge in [-0.2, -0.15) is 0 Å². The number of aromatic amines is 2. The van der Waals surface area contributed by atoms with Crippen molar-refractivity contribution < 1.29 is 0 Å². The van der Waals surface area contributed by atoms with Crippen molar-refractivity contribution in [3.8, 4) is 34.2 Å². The molecule has 0 radical (unpaired) electrons. The summed E-state index contributed by atoms with van der Waals surface area (Å²) < 4.78 is 0. The number of aromatic nitrogens is 6. The SMILES string of the molecule is c1ccc2c(c1)c1ccccc1c1[nH]c(-c3ccnc(-c4cc(-c5nc6c7ccccc7c7ccccc7c6[nH]5)ccn4)c3)nc21. The van der Waals surface area contributed by atoms with E-state index in [4.69, 9.17) is 19.9 Å². The van der Waals surface area contributed by atoms with Crippen LogP contribution in [-0.2, 0) is 0 Å². The molecular formula is C40H24N6. The summed E-state index contributed by atoms with van der Waals surface area (Å²) in [4.78, 5) is 26.9. The van der Waals surface area contributed by atoms with Gasteiger partial charge in [-0.05, 0) is 45.8 Å². The molecule has 0 spiro atoms. The van der Waals surface area contributed by atoms with Gasteiger partial charge in [-0.15, -0.1) is 0 Å². The minimum absolute atomic E-state index is 0.765. The van der Waals surface area contributed by atoms with Gasteiger partial charge in [0.15, 0.2) is 0 Å². The Hall–Kier alpha value is -6.40. The summed E-state index contributed by atoms with van der Waals surface area (Å²) in [5.74, 6) is 1.60. The molecule has 0 saturated heterocycles. The van der Waals surface area contributed by atoms with Crippen LogP contribution in [0.1, 0.15) is 0 Å². The smallest absolute Gasteiger partial charge is 0.138 e. The summed E-state index contributed by atoms with van der Waals surface area (Å²) in [5.41, 5.74) is 7.43. The van der Waals surface area contributed by atoms with Crippen LogP contribution in [0.5, 0.6) is 0 Å². The van der Waals surface area contributed by atoms with E-state index in [2.05, 4.69) is 107 Å². The number of nitrogens with zero attached hydrogens (tertiary/aromatic N) is 4. The first-order valence-corrected chi connectivity index (χ1v) is 15.3. The van der Waals surface area contributed by atoms with Crippen molar-refractivity contribution in [2.24, 2.45) is 0 Å². The highest BCUT2D eigenvalue weighted by molar-refractivity contribution is 6.24. The van der Waals surface area contributed by atoms with Gasteiger partial charge in [0, 0.05) is 45.1 Å². The highest BCUT2D eigenvalue weighted by Crippen LogP contribution is 2.37. The molecule has 46 heavy (non-hydrogen) atoms. The Balaban J connectivity index is 1.10. The fraction of sp³-hybridized carbons (Fsp3) is 0. The first kappa shape index (κ1) is 25.0. The average molecular weight is 589 g/mol. The maximum Gasteiger partial charge on any atom is 0.138 e. The van der Waals surface area contributed by atoms with Crippen molar-refractivity contribution in [2.45, 2.75) is 0 Å². The number of imidazole rings is 2.